The molecule has 0 aromatic heterocycles. The number of amides is 1. The molecule has 1 saturated heterocycles. The molecular weight excluding hydrogens is 423 g/mol. The van der Waals surface area contributed by atoms with Crippen molar-refractivity contribution in [3.8, 4) is 0 Å². The highest BCUT2D eigenvalue weighted by Crippen LogP contribution is 2.29. The summed E-state index contributed by atoms with van der Waals surface area (Å²) in [6.45, 7) is 6.30. The van der Waals surface area contributed by atoms with E-state index in [9.17, 15) is 14.0 Å². The minimum atomic E-state index is -1.65. The number of rotatable bonds is 10. The minimum Gasteiger partial charge on any atom is -0.445 e. The first-order valence-electron chi connectivity index (χ1n) is 11.3. The van der Waals surface area contributed by atoms with Gasteiger partial charge in [0, 0.05) is 19.0 Å². The second-order valence-electron chi connectivity index (χ2n) is 8.08. The quantitative estimate of drug-likeness (QED) is 0.415. The Kier molecular flexibility index (Phi) is 9.01. The summed E-state index contributed by atoms with van der Waals surface area (Å²) in [5.74, 6) is -0.638. The van der Waals surface area contributed by atoms with Gasteiger partial charge in [0.15, 0.2) is 0 Å². The van der Waals surface area contributed by atoms with Crippen LogP contribution in [0, 0.1) is 0 Å². The summed E-state index contributed by atoms with van der Waals surface area (Å²) in [5.41, 5.74) is 1.86. The largest absolute Gasteiger partial charge is 0.445 e. The SMILES string of the molecule is C=C[C@H]1[C@H](NC(=O)OCc2ccccc2)C[C@H](C(=O)OC(F)CCC)N1Cc1ccccc1. The molecule has 3 rings (SSSR count). The predicted octanol–water partition coefficient (Wildman–Crippen LogP) is 4.75. The topological polar surface area (TPSA) is 67.9 Å². The van der Waals surface area contributed by atoms with E-state index in [2.05, 4.69) is 11.9 Å². The monoisotopic (exact) mass is 454 g/mol. The van der Waals surface area contributed by atoms with E-state index in [4.69, 9.17) is 9.47 Å². The van der Waals surface area contributed by atoms with E-state index in [0.717, 1.165) is 11.1 Å². The third-order valence-electron chi connectivity index (χ3n) is 5.67. The highest BCUT2D eigenvalue weighted by Gasteiger charge is 2.45. The maximum Gasteiger partial charge on any atom is 0.407 e. The molecule has 176 valence electrons. The van der Waals surface area contributed by atoms with E-state index in [1.54, 1.807) is 6.08 Å². The van der Waals surface area contributed by atoms with E-state index < -0.39 is 30.5 Å². The van der Waals surface area contributed by atoms with E-state index in [1.165, 1.54) is 0 Å². The average molecular weight is 455 g/mol. The van der Waals surface area contributed by atoms with Gasteiger partial charge in [0.25, 0.3) is 0 Å². The molecule has 1 aliphatic heterocycles. The molecule has 7 heteroatoms. The van der Waals surface area contributed by atoms with Gasteiger partial charge in [-0.15, -0.1) is 6.58 Å². The second-order valence-corrected chi connectivity index (χ2v) is 8.08. The molecule has 0 bridgehead atoms. The van der Waals surface area contributed by atoms with E-state index >= 15 is 0 Å². The molecule has 1 N–H and O–H groups in total. The van der Waals surface area contributed by atoms with Crippen molar-refractivity contribution in [1.29, 1.82) is 0 Å². The lowest BCUT2D eigenvalue weighted by atomic mass is 10.1. The Labute approximate surface area is 194 Å². The number of alkyl halides is 1. The maximum absolute atomic E-state index is 14.0. The van der Waals surface area contributed by atoms with Crippen LogP contribution in [0.3, 0.4) is 0 Å². The Balaban J connectivity index is 1.71. The van der Waals surface area contributed by atoms with Gasteiger partial charge in [-0.25, -0.2) is 9.18 Å². The van der Waals surface area contributed by atoms with Crippen LogP contribution in [0.1, 0.15) is 37.3 Å². The smallest absolute Gasteiger partial charge is 0.407 e. The molecule has 0 saturated carbocycles. The Bertz CT molecular complexity index is 909. The summed E-state index contributed by atoms with van der Waals surface area (Å²) in [4.78, 5) is 27.2. The summed E-state index contributed by atoms with van der Waals surface area (Å²) >= 11 is 0. The summed E-state index contributed by atoms with van der Waals surface area (Å²) < 4.78 is 24.5. The fourth-order valence-electron chi connectivity index (χ4n) is 4.05. The fraction of sp³-hybridized carbons (Fsp3) is 0.385. The van der Waals surface area contributed by atoms with E-state index in [-0.39, 0.29) is 25.5 Å². The lowest BCUT2D eigenvalue weighted by molar-refractivity contribution is -0.164. The Hall–Kier alpha value is -3.19. The average Bonchev–Trinajstić information content (AvgIpc) is 3.15. The van der Waals surface area contributed by atoms with Gasteiger partial charge in [0.1, 0.15) is 12.6 Å². The fourth-order valence-corrected chi connectivity index (χ4v) is 4.05. The maximum atomic E-state index is 14.0. The van der Waals surface area contributed by atoms with Crippen LogP contribution in [-0.4, -0.2) is 41.4 Å². The van der Waals surface area contributed by atoms with Gasteiger partial charge in [0.2, 0.25) is 6.36 Å². The van der Waals surface area contributed by atoms with Crippen LogP contribution in [-0.2, 0) is 27.4 Å². The predicted molar refractivity (Wildman–Crippen MR) is 124 cm³/mol. The van der Waals surface area contributed by atoms with Gasteiger partial charge in [-0.05, 0) is 24.0 Å². The van der Waals surface area contributed by atoms with Crippen LogP contribution in [0.15, 0.2) is 73.3 Å². The van der Waals surface area contributed by atoms with E-state index in [1.807, 2.05) is 72.5 Å². The van der Waals surface area contributed by atoms with Crippen molar-refractivity contribution in [1.82, 2.24) is 10.2 Å². The van der Waals surface area contributed by atoms with Crippen LogP contribution in [0.4, 0.5) is 9.18 Å². The number of alkyl carbamates (subject to hydrolysis) is 1. The number of esters is 1. The number of carbonyl (C=O) groups excluding carboxylic acids is 2. The third-order valence-corrected chi connectivity index (χ3v) is 5.67. The standard InChI is InChI=1S/C26H31FN2O4/c1-3-11-24(27)33-25(30)23-16-21(28-26(31)32-18-20-14-9-6-10-15-20)22(4-2)29(23)17-19-12-7-5-8-13-19/h4-10,12-15,21-24H,2-3,11,16-18H2,1H3,(H,28,31)/t21-,22+,23-,24?/m1/s1. The number of nitrogens with one attached hydrogen (secondary N) is 1. The molecule has 2 aromatic rings. The number of ether oxygens (including phenoxy) is 2. The van der Waals surface area contributed by atoms with Gasteiger partial charge in [0.05, 0.1) is 6.04 Å². The second kappa shape index (κ2) is 12.2. The van der Waals surface area contributed by atoms with Crippen molar-refractivity contribution >= 4 is 12.1 Å². The number of carbonyl (C=O) groups is 2. The Morgan fingerprint density at radius 1 is 1.15 bits per heavy atom. The normalized spacial score (nSPS) is 21.2. The molecule has 4 atom stereocenters. The summed E-state index contributed by atoms with van der Waals surface area (Å²) in [6, 6.07) is 17.5. The van der Waals surface area contributed by atoms with Gasteiger partial charge in [-0.1, -0.05) is 73.7 Å². The molecular formula is C26H31FN2O4. The Morgan fingerprint density at radius 2 is 1.79 bits per heavy atom. The number of hydrogen-bond donors (Lipinski definition) is 1. The molecule has 2 aromatic carbocycles. The van der Waals surface area contributed by atoms with Crippen molar-refractivity contribution in [2.24, 2.45) is 0 Å². The molecule has 1 heterocycles. The molecule has 1 unspecified atom stereocenters. The van der Waals surface area contributed by atoms with Crippen molar-refractivity contribution in [2.75, 3.05) is 0 Å². The first-order chi connectivity index (χ1) is 16.0. The van der Waals surface area contributed by atoms with Crippen molar-refractivity contribution in [3.63, 3.8) is 0 Å². The number of halogens is 1. The summed E-state index contributed by atoms with van der Waals surface area (Å²) in [7, 11) is 0. The van der Waals surface area contributed by atoms with Gasteiger partial charge in [-0.2, -0.15) is 0 Å². The molecule has 1 amide bonds. The number of nitrogens with zero attached hydrogens (tertiary/aromatic N) is 1. The highest BCUT2D eigenvalue weighted by atomic mass is 19.1. The zero-order chi connectivity index (χ0) is 23.6. The van der Waals surface area contributed by atoms with Crippen LogP contribution in [0.25, 0.3) is 0 Å². The van der Waals surface area contributed by atoms with Crippen molar-refractivity contribution in [2.45, 2.75) is 63.8 Å². The van der Waals surface area contributed by atoms with Gasteiger partial charge < -0.3 is 14.8 Å². The number of hydrogen-bond acceptors (Lipinski definition) is 5. The van der Waals surface area contributed by atoms with Crippen LogP contribution >= 0.6 is 0 Å². The van der Waals surface area contributed by atoms with Gasteiger partial charge >= 0.3 is 12.1 Å². The lowest BCUT2D eigenvalue weighted by Crippen LogP contribution is -2.45. The third kappa shape index (κ3) is 6.89. The zero-order valence-electron chi connectivity index (χ0n) is 18.9. The number of benzene rings is 2. The van der Waals surface area contributed by atoms with Crippen LogP contribution in [0.5, 0.6) is 0 Å². The molecule has 33 heavy (non-hydrogen) atoms. The molecule has 1 aliphatic rings. The first kappa shape index (κ1) is 24.5. The molecule has 0 radical (unpaired) electrons. The number of likely N-dealkylation sites (tertiary alicyclic amines) is 1. The summed E-state index contributed by atoms with van der Waals surface area (Å²) in [6.07, 6.45) is 0.443. The molecule has 0 spiro atoms. The molecule has 6 nitrogen and oxygen atoms in total. The zero-order valence-corrected chi connectivity index (χ0v) is 18.9. The minimum absolute atomic E-state index is 0.137. The van der Waals surface area contributed by atoms with Gasteiger partial charge in [-0.3, -0.25) is 9.69 Å². The van der Waals surface area contributed by atoms with E-state index in [0.29, 0.717) is 13.0 Å². The lowest BCUT2D eigenvalue weighted by Gasteiger charge is -2.29. The molecule has 0 aliphatic carbocycles. The first-order valence-corrected chi connectivity index (χ1v) is 11.3. The van der Waals surface area contributed by atoms with Crippen LogP contribution in [0.2, 0.25) is 0 Å². The van der Waals surface area contributed by atoms with Crippen molar-refractivity contribution < 1.29 is 23.5 Å². The van der Waals surface area contributed by atoms with Crippen molar-refractivity contribution in [3.05, 3.63) is 84.4 Å². The van der Waals surface area contributed by atoms with Crippen LogP contribution < -0.4 is 5.32 Å². The summed E-state index contributed by atoms with van der Waals surface area (Å²) in [5, 5.41) is 2.85. The molecule has 1 fully saturated rings. The Morgan fingerprint density at radius 3 is 2.39 bits per heavy atom. The highest BCUT2D eigenvalue weighted by molar-refractivity contribution is 5.77.